The fourth-order valence-electron chi connectivity index (χ4n) is 5.01. The zero-order chi connectivity index (χ0) is 27.5. The number of benzene rings is 1. The van der Waals surface area contributed by atoms with E-state index in [0.29, 0.717) is 25.7 Å². The molecule has 1 unspecified atom stereocenters. The fourth-order valence-corrected chi connectivity index (χ4v) is 5.01. The lowest BCUT2D eigenvalue weighted by Gasteiger charge is -2.43. The van der Waals surface area contributed by atoms with Crippen molar-refractivity contribution in [3.8, 4) is 0 Å². The van der Waals surface area contributed by atoms with Crippen LogP contribution in [-0.4, -0.2) is 75.4 Å². The monoisotopic (exact) mass is 531 g/mol. The minimum absolute atomic E-state index is 0.238. The second-order valence-corrected chi connectivity index (χ2v) is 11.6. The van der Waals surface area contributed by atoms with Crippen molar-refractivity contribution >= 4 is 29.4 Å². The number of rotatable bonds is 7. The van der Waals surface area contributed by atoms with Gasteiger partial charge in [0.05, 0.1) is 31.1 Å². The van der Waals surface area contributed by atoms with E-state index in [1.807, 2.05) is 19.3 Å². The first-order valence-electron chi connectivity index (χ1n) is 13.8. The smallest absolute Gasteiger partial charge is 0.224 e. The standard InChI is InChI=1S/C30H41N7O2/c1-29(2,3)39-21-30(4)20-37(26-8-6-7-24(33-26)19-31-5)27-17-22(30)18-32-28(35-27)34-23-9-11-25(12-10-23)36-13-15-38-16-14-36/h6-12,17-18,27,31H,13-16,19-21H2,1-5H3,(H,34,35)/t27?,30-/m0/s1. The van der Waals surface area contributed by atoms with Crippen LogP contribution >= 0.6 is 0 Å². The summed E-state index contributed by atoms with van der Waals surface area (Å²) in [6, 6.07) is 14.6. The van der Waals surface area contributed by atoms with Gasteiger partial charge in [-0.3, -0.25) is 0 Å². The Bertz CT molecular complexity index is 1230. The highest BCUT2D eigenvalue weighted by Gasteiger charge is 2.40. The zero-order valence-electron chi connectivity index (χ0n) is 23.8. The van der Waals surface area contributed by atoms with Gasteiger partial charge in [0.25, 0.3) is 0 Å². The van der Waals surface area contributed by atoms with Gasteiger partial charge in [0, 0.05) is 49.2 Å². The minimum Gasteiger partial charge on any atom is -0.378 e. The molecule has 3 aliphatic rings. The molecule has 2 bridgehead atoms. The summed E-state index contributed by atoms with van der Waals surface area (Å²) < 4.78 is 11.8. The highest BCUT2D eigenvalue weighted by Crippen LogP contribution is 2.38. The first-order valence-corrected chi connectivity index (χ1v) is 13.8. The molecule has 3 aliphatic heterocycles. The van der Waals surface area contributed by atoms with Gasteiger partial charge in [-0.1, -0.05) is 13.0 Å². The lowest BCUT2D eigenvalue weighted by molar-refractivity contribution is -0.0362. The molecule has 0 amide bonds. The molecule has 208 valence electrons. The van der Waals surface area contributed by atoms with Gasteiger partial charge in [0.2, 0.25) is 5.96 Å². The van der Waals surface area contributed by atoms with Gasteiger partial charge >= 0.3 is 0 Å². The Morgan fingerprint density at radius 3 is 2.59 bits per heavy atom. The molecular weight excluding hydrogens is 490 g/mol. The van der Waals surface area contributed by atoms with Crippen molar-refractivity contribution < 1.29 is 9.47 Å². The van der Waals surface area contributed by atoms with Gasteiger partial charge in [-0.2, -0.15) is 0 Å². The van der Waals surface area contributed by atoms with Crippen LogP contribution in [0.15, 0.2) is 64.1 Å². The predicted molar refractivity (Wildman–Crippen MR) is 159 cm³/mol. The van der Waals surface area contributed by atoms with Crippen LogP contribution in [0.5, 0.6) is 0 Å². The Labute approximate surface area is 232 Å². The zero-order valence-corrected chi connectivity index (χ0v) is 23.8. The summed E-state index contributed by atoms with van der Waals surface area (Å²) in [5.74, 6) is 1.47. The Morgan fingerprint density at radius 2 is 1.87 bits per heavy atom. The molecular formula is C30H41N7O2. The van der Waals surface area contributed by atoms with Crippen molar-refractivity contribution in [3.63, 3.8) is 0 Å². The largest absolute Gasteiger partial charge is 0.378 e. The van der Waals surface area contributed by atoms with Crippen molar-refractivity contribution in [1.29, 1.82) is 0 Å². The number of ether oxygens (including phenoxy) is 2. The summed E-state index contributed by atoms with van der Waals surface area (Å²) in [5.41, 5.74) is 3.74. The van der Waals surface area contributed by atoms with E-state index in [0.717, 1.165) is 49.1 Å². The first kappa shape index (κ1) is 27.3. The molecule has 9 nitrogen and oxygen atoms in total. The first-order chi connectivity index (χ1) is 18.7. The van der Waals surface area contributed by atoms with Gasteiger partial charge in [-0.05, 0) is 75.9 Å². The van der Waals surface area contributed by atoms with E-state index < -0.39 is 0 Å². The Morgan fingerprint density at radius 1 is 1.10 bits per heavy atom. The van der Waals surface area contributed by atoms with Gasteiger partial charge < -0.3 is 29.9 Å². The van der Waals surface area contributed by atoms with Gasteiger partial charge in [0.1, 0.15) is 12.0 Å². The minimum atomic E-state index is -0.279. The number of hydrogen-bond donors (Lipinski definition) is 2. The predicted octanol–water partition coefficient (Wildman–Crippen LogP) is 4.08. The summed E-state index contributed by atoms with van der Waals surface area (Å²) in [6.07, 6.45) is 3.90. The van der Waals surface area contributed by atoms with Crippen molar-refractivity contribution in [2.75, 3.05) is 61.6 Å². The molecule has 0 radical (unpaired) electrons. The van der Waals surface area contributed by atoms with E-state index in [1.165, 1.54) is 5.69 Å². The molecule has 0 aliphatic carbocycles. The summed E-state index contributed by atoms with van der Waals surface area (Å²) in [5, 5.41) is 6.64. The average Bonchev–Trinajstić information content (AvgIpc) is 3.12. The molecule has 2 atom stereocenters. The van der Waals surface area contributed by atoms with E-state index in [9.17, 15) is 0 Å². The SMILES string of the molecule is CNCc1cccc(N2C[C@@](C)(COC(C)(C)C)C3=CC2N=C(Nc2ccc(N4CCOCC4)cc2)N=C3)n1. The Hall–Kier alpha value is -3.27. The number of aliphatic imine (C=N–C) groups is 2. The number of guanidine groups is 1. The van der Waals surface area contributed by atoms with Crippen molar-refractivity contribution in [2.45, 2.75) is 46.0 Å². The maximum atomic E-state index is 6.31. The molecule has 0 spiro atoms. The second kappa shape index (κ2) is 11.5. The molecule has 1 aromatic carbocycles. The molecule has 0 saturated carbocycles. The Kier molecular flexibility index (Phi) is 8.02. The van der Waals surface area contributed by atoms with Crippen LogP contribution in [0.3, 0.4) is 0 Å². The number of nitrogens with zero attached hydrogens (tertiary/aromatic N) is 5. The molecule has 5 rings (SSSR count). The molecule has 1 saturated heterocycles. The Balaban J connectivity index is 1.42. The maximum Gasteiger partial charge on any atom is 0.224 e. The quantitative estimate of drug-likeness (QED) is 0.557. The molecule has 4 heterocycles. The molecule has 1 aromatic heterocycles. The third kappa shape index (κ3) is 6.66. The van der Waals surface area contributed by atoms with Crippen LogP contribution in [0.4, 0.5) is 17.2 Å². The van der Waals surface area contributed by atoms with Crippen LogP contribution in [0, 0.1) is 5.41 Å². The fraction of sp³-hybridized carbons (Fsp3) is 0.500. The number of morpholine rings is 1. The van der Waals surface area contributed by atoms with Crippen molar-refractivity contribution in [2.24, 2.45) is 15.4 Å². The van der Waals surface area contributed by atoms with E-state index in [1.54, 1.807) is 0 Å². The van der Waals surface area contributed by atoms with E-state index in [4.69, 9.17) is 24.4 Å². The third-order valence-corrected chi connectivity index (χ3v) is 7.21. The summed E-state index contributed by atoms with van der Waals surface area (Å²) in [6.45, 7) is 13.9. The lowest BCUT2D eigenvalue weighted by atomic mass is 9.79. The normalized spacial score (nSPS) is 23.3. The topological polar surface area (TPSA) is 86.6 Å². The summed E-state index contributed by atoms with van der Waals surface area (Å²) in [4.78, 5) is 19.4. The van der Waals surface area contributed by atoms with Crippen molar-refractivity contribution in [3.05, 3.63) is 59.8 Å². The van der Waals surface area contributed by atoms with Crippen LogP contribution < -0.4 is 20.4 Å². The number of pyridine rings is 1. The highest BCUT2D eigenvalue weighted by molar-refractivity contribution is 6.02. The number of nitrogens with one attached hydrogen (secondary N) is 2. The van der Waals surface area contributed by atoms with Crippen molar-refractivity contribution in [1.82, 2.24) is 10.3 Å². The maximum absolute atomic E-state index is 6.31. The van der Waals surface area contributed by atoms with Crippen LogP contribution in [0.25, 0.3) is 0 Å². The molecule has 1 fully saturated rings. The average molecular weight is 532 g/mol. The molecule has 2 N–H and O–H groups in total. The number of fused-ring (bicyclic) bond motifs is 1. The highest BCUT2D eigenvalue weighted by atomic mass is 16.5. The van der Waals surface area contributed by atoms with E-state index in [2.05, 4.69) is 90.6 Å². The van der Waals surface area contributed by atoms with Gasteiger partial charge in [-0.25, -0.2) is 15.0 Å². The van der Waals surface area contributed by atoms with Gasteiger partial charge in [-0.15, -0.1) is 0 Å². The van der Waals surface area contributed by atoms with Gasteiger partial charge in [0.15, 0.2) is 0 Å². The van der Waals surface area contributed by atoms with Crippen LogP contribution in [0.1, 0.15) is 33.4 Å². The third-order valence-electron chi connectivity index (χ3n) is 7.21. The number of anilines is 3. The summed E-state index contributed by atoms with van der Waals surface area (Å²) in [7, 11) is 1.93. The molecule has 2 aromatic rings. The lowest BCUT2D eigenvalue weighted by Crippen LogP contribution is -2.49. The number of hydrogen-bond acceptors (Lipinski definition) is 9. The molecule has 39 heavy (non-hydrogen) atoms. The van der Waals surface area contributed by atoms with Crippen LogP contribution in [0.2, 0.25) is 0 Å². The van der Waals surface area contributed by atoms with E-state index >= 15 is 0 Å². The summed E-state index contributed by atoms with van der Waals surface area (Å²) >= 11 is 0. The second-order valence-electron chi connectivity index (χ2n) is 11.6. The molecule has 9 heteroatoms. The van der Waals surface area contributed by atoms with Crippen LogP contribution in [-0.2, 0) is 16.0 Å². The number of aromatic nitrogens is 1. The van der Waals surface area contributed by atoms with E-state index in [-0.39, 0.29) is 17.2 Å².